The molecule has 1 saturated heterocycles. The third kappa shape index (κ3) is 3.42. The Labute approximate surface area is 135 Å². The number of rotatable bonds is 3. The number of aliphatic hydroxyl groups excluding tert-OH is 1. The molecule has 0 radical (unpaired) electrons. The molecule has 3 nitrogen and oxygen atoms in total. The molecule has 0 aliphatic carbocycles. The first-order chi connectivity index (χ1) is 9.66. The second-order valence-corrected chi connectivity index (χ2v) is 7.38. The van der Waals surface area contributed by atoms with Crippen LogP contribution in [-0.4, -0.2) is 30.0 Å². The van der Waals surface area contributed by atoms with Crippen molar-refractivity contribution in [2.75, 3.05) is 6.61 Å². The Bertz CT molecular complexity index is 551. The molecule has 0 spiro atoms. The smallest absolute Gasteiger partial charge is 0.400 e. The van der Waals surface area contributed by atoms with Crippen molar-refractivity contribution < 1.29 is 14.4 Å². The van der Waals surface area contributed by atoms with E-state index in [-0.39, 0.29) is 6.61 Å². The van der Waals surface area contributed by atoms with E-state index in [1.54, 1.807) is 0 Å². The first kappa shape index (κ1) is 16.8. The zero-order valence-electron chi connectivity index (χ0n) is 13.2. The molecule has 0 unspecified atom stereocenters. The molecule has 0 bridgehead atoms. The van der Waals surface area contributed by atoms with Gasteiger partial charge >= 0.3 is 7.12 Å². The molecule has 2 rings (SSSR count). The van der Waals surface area contributed by atoms with Gasteiger partial charge in [0.15, 0.2) is 0 Å². The highest BCUT2D eigenvalue weighted by atomic mass is 79.9. The van der Waals surface area contributed by atoms with Crippen LogP contribution in [-0.2, 0) is 9.31 Å². The van der Waals surface area contributed by atoms with Gasteiger partial charge in [-0.1, -0.05) is 28.1 Å². The molecule has 0 saturated carbocycles. The maximum atomic E-state index is 9.71. The molecular formula is C16H22BBrO3. The molecule has 1 aromatic carbocycles. The Morgan fingerprint density at radius 1 is 1.24 bits per heavy atom. The lowest BCUT2D eigenvalue weighted by Crippen LogP contribution is -2.41. The van der Waals surface area contributed by atoms with Gasteiger partial charge in [-0.15, -0.1) is 0 Å². The van der Waals surface area contributed by atoms with Crippen molar-refractivity contribution in [2.24, 2.45) is 0 Å². The van der Waals surface area contributed by atoms with E-state index in [1.807, 2.05) is 58.9 Å². The maximum absolute atomic E-state index is 9.71. The minimum absolute atomic E-state index is 0.0945. The van der Waals surface area contributed by atoms with E-state index in [0.29, 0.717) is 0 Å². The third-order valence-corrected chi connectivity index (χ3v) is 4.81. The van der Waals surface area contributed by atoms with Crippen LogP contribution < -0.4 is 0 Å². The van der Waals surface area contributed by atoms with Crippen LogP contribution >= 0.6 is 15.9 Å². The summed E-state index contributed by atoms with van der Waals surface area (Å²) >= 11 is 3.47. The molecule has 1 aliphatic rings. The summed E-state index contributed by atoms with van der Waals surface area (Å²) in [6.07, 6.45) is 1.95. The van der Waals surface area contributed by atoms with Crippen molar-refractivity contribution in [3.63, 3.8) is 0 Å². The summed E-state index contributed by atoms with van der Waals surface area (Å²) in [5.74, 6) is 0. The number of halogens is 1. The Balaban J connectivity index is 2.33. The molecule has 1 aliphatic heterocycles. The van der Waals surface area contributed by atoms with Crippen LogP contribution in [0.4, 0.5) is 0 Å². The van der Waals surface area contributed by atoms with Gasteiger partial charge in [0.25, 0.3) is 0 Å². The molecule has 1 heterocycles. The predicted octanol–water partition coefficient (Wildman–Crippen LogP) is 3.76. The zero-order valence-corrected chi connectivity index (χ0v) is 14.8. The van der Waals surface area contributed by atoms with Crippen molar-refractivity contribution in [3.8, 4) is 0 Å². The van der Waals surface area contributed by atoms with Crippen molar-refractivity contribution in [1.29, 1.82) is 0 Å². The quantitative estimate of drug-likeness (QED) is 0.841. The Kier molecular flexibility index (Phi) is 4.69. The van der Waals surface area contributed by atoms with Crippen LogP contribution in [0.15, 0.2) is 28.1 Å². The number of aliphatic hydroxyl groups is 1. The number of aryl methyl sites for hydroxylation is 1. The minimum Gasteiger partial charge on any atom is -0.400 e. The summed E-state index contributed by atoms with van der Waals surface area (Å²) in [5, 5.41) is 9.71. The highest BCUT2D eigenvalue weighted by molar-refractivity contribution is 9.10. The van der Waals surface area contributed by atoms with Gasteiger partial charge in [-0.25, -0.2) is 0 Å². The van der Waals surface area contributed by atoms with Gasteiger partial charge in [-0.3, -0.25) is 0 Å². The van der Waals surface area contributed by atoms with Gasteiger partial charge in [0.05, 0.1) is 17.8 Å². The fraction of sp³-hybridized carbons (Fsp3) is 0.500. The zero-order chi connectivity index (χ0) is 15.8. The molecule has 0 amide bonds. The summed E-state index contributed by atoms with van der Waals surface area (Å²) in [5.41, 5.74) is 2.11. The van der Waals surface area contributed by atoms with Crippen molar-refractivity contribution in [3.05, 3.63) is 39.3 Å². The van der Waals surface area contributed by atoms with Crippen LogP contribution in [0.2, 0.25) is 0 Å². The van der Waals surface area contributed by atoms with Crippen LogP contribution in [0.3, 0.4) is 0 Å². The summed E-state index contributed by atoms with van der Waals surface area (Å²) < 4.78 is 13.0. The molecule has 0 atom stereocenters. The molecule has 5 heteroatoms. The molecule has 0 aromatic heterocycles. The van der Waals surface area contributed by atoms with Crippen LogP contribution in [0.1, 0.15) is 38.8 Å². The molecule has 114 valence electrons. The lowest BCUT2D eigenvalue weighted by molar-refractivity contribution is 0.00578. The van der Waals surface area contributed by atoms with Crippen molar-refractivity contribution in [1.82, 2.24) is 0 Å². The largest absolute Gasteiger partial charge is 0.492 e. The topological polar surface area (TPSA) is 38.7 Å². The summed E-state index contributed by atoms with van der Waals surface area (Å²) in [7, 11) is -0.515. The Hall–Kier alpha value is -0.615. The van der Waals surface area contributed by atoms with Crippen LogP contribution in [0.25, 0.3) is 6.08 Å². The minimum atomic E-state index is -0.515. The SMILES string of the molecule is Cc1ccc(Br)cc1C=C(CO)B1OC(C)(C)C(C)(C)O1. The molecular weight excluding hydrogens is 331 g/mol. The van der Waals surface area contributed by atoms with Gasteiger partial charge in [0.1, 0.15) is 0 Å². The van der Waals surface area contributed by atoms with Crippen LogP contribution in [0.5, 0.6) is 0 Å². The molecule has 21 heavy (non-hydrogen) atoms. The molecule has 1 fully saturated rings. The fourth-order valence-corrected chi connectivity index (χ4v) is 2.53. The average Bonchev–Trinajstić information content (AvgIpc) is 2.59. The number of hydrogen-bond donors (Lipinski definition) is 1. The highest BCUT2D eigenvalue weighted by Crippen LogP contribution is 2.38. The monoisotopic (exact) mass is 352 g/mol. The lowest BCUT2D eigenvalue weighted by atomic mass is 9.77. The van der Waals surface area contributed by atoms with E-state index >= 15 is 0 Å². The standard InChI is InChI=1S/C16H22BBrO3/c1-11-6-7-14(18)9-12(11)8-13(10-19)17-20-15(2,3)16(4,5)21-17/h6-9,19H,10H2,1-5H3. The first-order valence-electron chi connectivity index (χ1n) is 7.09. The van der Waals surface area contributed by atoms with E-state index in [2.05, 4.69) is 15.9 Å². The van der Waals surface area contributed by atoms with Gasteiger partial charge in [-0.05, 0) is 63.4 Å². The maximum Gasteiger partial charge on any atom is 0.492 e. The summed E-state index contributed by atoms with van der Waals surface area (Å²) in [4.78, 5) is 0. The van der Waals surface area contributed by atoms with Gasteiger partial charge in [0, 0.05) is 4.47 Å². The molecule has 1 N–H and O–H groups in total. The van der Waals surface area contributed by atoms with E-state index < -0.39 is 18.3 Å². The van der Waals surface area contributed by atoms with E-state index in [9.17, 15) is 5.11 Å². The second kappa shape index (κ2) is 5.88. The van der Waals surface area contributed by atoms with Gasteiger partial charge < -0.3 is 14.4 Å². The first-order valence-corrected chi connectivity index (χ1v) is 7.89. The Morgan fingerprint density at radius 3 is 2.33 bits per heavy atom. The highest BCUT2D eigenvalue weighted by Gasteiger charge is 2.52. The number of benzene rings is 1. The Morgan fingerprint density at radius 2 is 1.81 bits per heavy atom. The third-order valence-electron chi connectivity index (χ3n) is 4.32. The van der Waals surface area contributed by atoms with Gasteiger partial charge in [0.2, 0.25) is 0 Å². The fourth-order valence-electron chi connectivity index (χ4n) is 2.15. The van der Waals surface area contributed by atoms with Gasteiger partial charge in [-0.2, -0.15) is 0 Å². The lowest BCUT2D eigenvalue weighted by Gasteiger charge is -2.32. The van der Waals surface area contributed by atoms with Crippen LogP contribution in [0, 0.1) is 6.92 Å². The number of hydrogen-bond acceptors (Lipinski definition) is 3. The van der Waals surface area contributed by atoms with Crippen molar-refractivity contribution >= 4 is 29.1 Å². The van der Waals surface area contributed by atoms with Crippen molar-refractivity contribution in [2.45, 2.75) is 45.8 Å². The van der Waals surface area contributed by atoms with E-state index in [4.69, 9.17) is 9.31 Å². The summed E-state index contributed by atoms with van der Waals surface area (Å²) in [6.45, 7) is 9.97. The molecule has 1 aromatic rings. The normalized spacial score (nSPS) is 20.9. The predicted molar refractivity (Wildman–Crippen MR) is 90.0 cm³/mol. The summed E-state index contributed by atoms with van der Waals surface area (Å²) in [6, 6.07) is 6.06. The average molecular weight is 353 g/mol. The second-order valence-electron chi connectivity index (χ2n) is 6.47. The van der Waals surface area contributed by atoms with E-state index in [0.717, 1.165) is 21.1 Å². The van der Waals surface area contributed by atoms with E-state index in [1.165, 1.54) is 0 Å².